The second-order valence-electron chi connectivity index (χ2n) is 2.49. The zero-order chi connectivity index (χ0) is 11.9. The average Bonchev–Trinajstić information content (AvgIpc) is 1.80. The molecule has 0 aliphatic rings. The highest BCUT2D eigenvalue weighted by atomic mass is 35.7. The first-order valence-electron chi connectivity index (χ1n) is 3.23. The van der Waals surface area contributed by atoms with Gasteiger partial charge in [0.05, 0.1) is 12.5 Å². The minimum absolute atomic E-state index is 0.0634. The van der Waals surface area contributed by atoms with Gasteiger partial charge in [-0.2, -0.15) is 0 Å². The zero-order valence-electron chi connectivity index (χ0n) is 7.94. The lowest BCUT2D eigenvalue weighted by atomic mass is 10.3. The summed E-state index contributed by atoms with van der Waals surface area (Å²) in [6.07, 6.45) is 3.89. The second kappa shape index (κ2) is 7.16. The van der Waals surface area contributed by atoms with Crippen LogP contribution in [0.25, 0.3) is 0 Å². The van der Waals surface area contributed by atoms with E-state index in [2.05, 4.69) is 0 Å². The molecular weight excluding hydrogens is 236 g/mol. The molecule has 0 radical (unpaired) electrons. The first-order valence-corrected chi connectivity index (χ1v) is 6.68. The van der Waals surface area contributed by atoms with Gasteiger partial charge in [-0.25, -0.2) is 18.6 Å². The molecule has 0 heterocycles. The Balaban J connectivity index is 0. The Labute approximate surface area is 86.6 Å². The minimum atomic E-state index is -4.94. The predicted octanol–water partition coefficient (Wildman–Crippen LogP) is -4.73. The fourth-order valence-electron chi connectivity index (χ4n) is 0.364. The van der Waals surface area contributed by atoms with E-state index in [0.29, 0.717) is 5.75 Å². The molecule has 8 heteroatoms. The van der Waals surface area contributed by atoms with Crippen LogP contribution >= 0.6 is 0 Å². The summed E-state index contributed by atoms with van der Waals surface area (Å²) in [5.41, 5.74) is 0. The van der Waals surface area contributed by atoms with Gasteiger partial charge in [0, 0.05) is 6.92 Å². The molecule has 84 valence electrons. The van der Waals surface area contributed by atoms with Crippen LogP contribution in [0.4, 0.5) is 0 Å². The number of Topliss-reactive ketones (excluding diaryl/α,β-unsaturated/α-hetero) is 2. The van der Waals surface area contributed by atoms with Gasteiger partial charge in [-0.15, -0.1) is 10.2 Å². The number of hydrogen-bond donors (Lipinski definition) is 0. The van der Waals surface area contributed by atoms with Crippen LogP contribution in [0, 0.1) is 10.2 Å². The van der Waals surface area contributed by atoms with Crippen molar-refractivity contribution in [2.45, 2.75) is 6.92 Å². The molecule has 0 fully saturated rings. The quantitative estimate of drug-likeness (QED) is 0.364. The molecule has 0 N–H and O–H groups in total. The molecule has 0 aromatic heterocycles. The SMILES string of the molecule is CC(=O)C(=O)C[S+](C)C.[O-][Cl+3]([O-])([O-])[O-]. The molecule has 0 rings (SSSR count). The van der Waals surface area contributed by atoms with Gasteiger partial charge >= 0.3 is 0 Å². The van der Waals surface area contributed by atoms with Crippen molar-refractivity contribution in [1.82, 2.24) is 0 Å². The van der Waals surface area contributed by atoms with Gasteiger partial charge in [-0.05, 0) is 10.9 Å². The van der Waals surface area contributed by atoms with E-state index in [0.717, 1.165) is 0 Å². The molecule has 0 unspecified atom stereocenters. The third-order valence-corrected chi connectivity index (χ3v) is 1.65. The topological polar surface area (TPSA) is 126 Å². The number of halogens is 1. The number of hydrogen-bond acceptors (Lipinski definition) is 6. The Morgan fingerprint density at radius 3 is 1.50 bits per heavy atom. The van der Waals surface area contributed by atoms with E-state index < -0.39 is 10.2 Å². The van der Waals surface area contributed by atoms with Crippen molar-refractivity contribution in [1.29, 1.82) is 0 Å². The first-order chi connectivity index (χ1) is 6.04. The molecule has 0 atom stereocenters. The van der Waals surface area contributed by atoms with E-state index in [9.17, 15) is 9.59 Å². The maximum absolute atomic E-state index is 10.6. The summed E-state index contributed by atoms with van der Waals surface area (Å²) in [5, 5.41) is 0. The van der Waals surface area contributed by atoms with Crippen LogP contribution in [0.2, 0.25) is 0 Å². The van der Waals surface area contributed by atoms with Gasteiger partial charge in [-0.1, -0.05) is 0 Å². The van der Waals surface area contributed by atoms with Crippen molar-refractivity contribution < 1.29 is 38.5 Å². The normalized spacial score (nSPS) is 10.6. The van der Waals surface area contributed by atoms with Crippen LogP contribution in [-0.2, 0) is 20.5 Å². The van der Waals surface area contributed by atoms with E-state index in [1.54, 1.807) is 0 Å². The molecule has 0 aliphatic heterocycles. The maximum Gasteiger partial charge on any atom is 0.246 e. The Morgan fingerprint density at radius 2 is 1.43 bits per heavy atom. The first kappa shape index (κ1) is 16.3. The summed E-state index contributed by atoms with van der Waals surface area (Å²) in [7, 11) is -4.88. The monoisotopic (exact) mass is 246 g/mol. The Hall–Kier alpha value is -0.180. The molecule has 0 amide bonds. The molecule has 0 spiro atoms. The largest absolute Gasteiger partial charge is 0.291 e. The number of carbonyl (C=O) groups is 2. The zero-order valence-corrected chi connectivity index (χ0v) is 9.52. The second-order valence-corrected chi connectivity index (χ2v) is 5.50. The van der Waals surface area contributed by atoms with Crippen LogP contribution in [-0.4, -0.2) is 29.8 Å². The van der Waals surface area contributed by atoms with Gasteiger partial charge in [0.15, 0.2) is 11.5 Å². The highest BCUT2D eigenvalue weighted by Gasteiger charge is 2.14. The van der Waals surface area contributed by atoms with Crippen molar-refractivity contribution in [3.8, 4) is 0 Å². The molecule has 6 nitrogen and oxygen atoms in total. The molecule has 0 bridgehead atoms. The Kier molecular flexibility index (Phi) is 8.31. The lowest BCUT2D eigenvalue weighted by Gasteiger charge is -2.17. The summed E-state index contributed by atoms with van der Waals surface area (Å²) in [5.74, 6) is -0.158. The molecule has 14 heavy (non-hydrogen) atoms. The highest BCUT2D eigenvalue weighted by molar-refractivity contribution is 7.96. The average molecular weight is 247 g/mol. The van der Waals surface area contributed by atoms with Crippen molar-refractivity contribution in [3.05, 3.63) is 0 Å². The summed E-state index contributed by atoms with van der Waals surface area (Å²) < 4.78 is 34.0. The molecule has 0 aromatic rings. The van der Waals surface area contributed by atoms with E-state index in [-0.39, 0.29) is 22.5 Å². The maximum atomic E-state index is 10.6. The molecular formula is C6H11ClO6S. The van der Waals surface area contributed by atoms with E-state index in [1.165, 1.54) is 6.92 Å². The summed E-state index contributed by atoms with van der Waals surface area (Å²) in [4.78, 5) is 20.9. The van der Waals surface area contributed by atoms with Gasteiger partial charge in [0.25, 0.3) is 0 Å². The van der Waals surface area contributed by atoms with Gasteiger partial charge in [0.2, 0.25) is 5.78 Å². The predicted molar refractivity (Wildman–Crippen MR) is 39.8 cm³/mol. The van der Waals surface area contributed by atoms with Crippen molar-refractivity contribution in [2.24, 2.45) is 0 Å². The van der Waals surface area contributed by atoms with Crippen molar-refractivity contribution >= 4 is 22.5 Å². The summed E-state index contributed by atoms with van der Waals surface area (Å²) in [6, 6.07) is 0. The summed E-state index contributed by atoms with van der Waals surface area (Å²) >= 11 is 0. The van der Waals surface area contributed by atoms with Gasteiger partial charge in [0.1, 0.15) is 0 Å². The number of carbonyl (C=O) groups excluding carboxylic acids is 2. The molecule has 0 saturated carbocycles. The van der Waals surface area contributed by atoms with Gasteiger partial charge in [-0.3, -0.25) is 9.59 Å². The van der Waals surface area contributed by atoms with E-state index >= 15 is 0 Å². The third-order valence-electron chi connectivity index (χ3n) is 0.812. The molecule has 0 aliphatic carbocycles. The third kappa shape index (κ3) is 22.6. The molecule has 0 saturated heterocycles. The Morgan fingerprint density at radius 1 is 1.14 bits per heavy atom. The van der Waals surface area contributed by atoms with Crippen LogP contribution in [0.5, 0.6) is 0 Å². The lowest BCUT2D eigenvalue weighted by molar-refractivity contribution is -2.00. The van der Waals surface area contributed by atoms with Gasteiger partial charge < -0.3 is 0 Å². The summed E-state index contributed by atoms with van der Waals surface area (Å²) in [6.45, 7) is 1.31. The minimum Gasteiger partial charge on any atom is -0.291 e. The number of rotatable bonds is 3. The Bertz CT molecular complexity index is 193. The van der Waals surface area contributed by atoms with E-state index in [4.69, 9.17) is 18.6 Å². The number of ketones is 2. The van der Waals surface area contributed by atoms with Crippen LogP contribution in [0.1, 0.15) is 6.92 Å². The fourth-order valence-corrected chi connectivity index (χ4v) is 1.09. The van der Waals surface area contributed by atoms with Crippen molar-refractivity contribution in [2.75, 3.05) is 18.3 Å². The molecule has 0 aromatic carbocycles. The van der Waals surface area contributed by atoms with Crippen LogP contribution in [0.3, 0.4) is 0 Å². The van der Waals surface area contributed by atoms with E-state index in [1.807, 2.05) is 12.5 Å². The standard InChI is InChI=1S/C6H11O2S.ClHO4/c1-5(7)6(8)4-9(2)3;2-1(3,4)5/h4H2,1-3H3;(H,2,3,4,5)/q+1;/p-1. The smallest absolute Gasteiger partial charge is 0.246 e. The lowest BCUT2D eigenvalue weighted by Crippen LogP contribution is -2.68. The van der Waals surface area contributed by atoms with Crippen LogP contribution in [0.15, 0.2) is 0 Å². The van der Waals surface area contributed by atoms with Crippen LogP contribution < -0.4 is 18.6 Å². The highest BCUT2D eigenvalue weighted by Crippen LogP contribution is 1.85. The van der Waals surface area contributed by atoms with Crippen molar-refractivity contribution in [3.63, 3.8) is 0 Å². The fraction of sp³-hybridized carbons (Fsp3) is 0.667.